The minimum atomic E-state index is -2.34. The van der Waals surface area contributed by atoms with Gasteiger partial charge in [0.2, 0.25) is 0 Å². The lowest BCUT2D eigenvalue weighted by molar-refractivity contribution is -0.385. The molecular formula is C17H27NO4Si. The molecular weight excluding hydrogens is 310 g/mol. The highest BCUT2D eigenvalue weighted by atomic mass is 28.4. The number of rotatable bonds is 8. The van der Waals surface area contributed by atoms with Gasteiger partial charge in [-0.1, -0.05) is 19.9 Å². The van der Waals surface area contributed by atoms with Gasteiger partial charge in [0.15, 0.2) is 8.32 Å². The van der Waals surface area contributed by atoms with Crippen LogP contribution in [0.15, 0.2) is 24.8 Å². The highest BCUT2D eigenvalue weighted by Crippen LogP contribution is 2.41. The van der Waals surface area contributed by atoms with E-state index < -0.39 is 8.32 Å². The van der Waals surface area contributed by atoms with E-state index >= 15 is 0 Å². The van der Waals surface area contributed by atoms with Gasteiger partial charge in [-0.2, -0.15) is 0 Å². The summed E-state index contributed by atoms with van der Waals surface area (Å²) in [6.45, 7) is 11.5. The van der Waals surface area contributed by atoms with Crippen LogP contribution >= 0.6 is 0 Å². The number of benzene rings is 1. The fourth-order valence-corrected chi connectivity index (χ4v) is 3.02. The molecule has 1 N–H and O–H groups in total. The van der Waals surface area contributed by atoms with Crippen molar-refractivity contribution in [2.24, 2.45) is 0 Å². The van der Waals surface area contributed by atoms with Gasteiger partial charge in [0.05, 0.1) is 12.0 Å². The summed E-state index contributed by atoms with van der Waals surface area (Å²) in [5, 5.41) is 11.2. The van der Waals surface area contributed by atoms with Crippen molar-refractivity contribution < 1.29 is 14.5 Å². The molecule has 0 aromatic heterocycles. The van der Waals surface area contributed by atoms with Crippen molar-refractivity contribution in [3.8, 4) is 5.75 Å². The van der Waals surface area contributed by atoms with Gasteiger partial charge >= 0.3 is 0 Å². The molecule has 0 saturated carbocycles. The zero-order chi connectivity index (χ0) is 17.8. The molecule has 0 aliphatic carbocycles. The van der Waals surface area contributed by atoms with Crippen LogP contribution in [-0.2, 0) is 12.8 Å². The van der Waals surface area contributed by atoms with E-state index in [1.807, 2.05) is 26.9 Å². The van der Waals surface area contributed by atoms with E-state index in [1.165, 1.54) is 0 Å². The molecule has 1 rings (SSSR count). The standard InChI is InChI=1S/C17H27NO4Si/c1-7-8-14-11-15(18(19)20)13(12-16(14)22-4)9-10-17(2,3)23(5,6)21/h7,11-12,21H,1,8-10H2,2-6H3. The number of nitro groups is 1. The Kier molecular flexibility index (Phi) is 6.13. The van der Waals surface area contributed by atoms with Crippen LogP contribution in [0, 0.1) is 10.1 Å². The lowest BCUT2D eigenvalue weighted by Crippen LogP contribution is -2.39. The summed E-state index contributed by atoms with van der Waals surface area (Å²) < 4.78 is 5.36. The quantitative estimate of drug-likeness (QED) is 0.333. The Balaban J connectivity index is 3.19. The molecule has 23 heavy (non-hydrogen) atoms. The third-order valence-electron chi connectivity index (χ3n) is 4.72. The van der Waals surface area contributed by atoms with Crippen LogP contribution in [0.5, 0.6) is 5.75 Å². The monoisotopic (exact) mass is 337 g/mol. The SMILES string of the molecule is C=CCc1cc([N+](=O)[O-])c(CCC(C)(C)[Si](C)(C)O)cc1OC. The van der Waals surface area contributed by atoms with Gasteiger partial charge in [-0.25, -0.2) is 0 Å². The summed E-state index contributed by atoms with van der Waals surface area (Å²) in [6, 6.07) is 3.32. The number of nitrogens with zero attached hydrogens (tertiary/aromatic N) is 1. The van der Waals surface area contributed by atoms with Crippen molar-refractivity contribution >= 4 is 14.0 Å². The fraction of sp³-hybridized carbons (Fsp3) is 0.529. The van der Waals surface area contributed by atoms with Crippen molar-refractivity contribution in [2.45, 2.75) is 51.2 Å². The van der Waals surface area contributed by atoms with Crippen LogP contribution in [0.2, 0.25) is 18.1 Å². The highest BCUT2D eigenvalue weighted by molar-refractivity contribution is 6.72. The first-order valence-corrected chi connectivity index (χ1v) is 10.7. The van der Waals surface area contributed by atoms with Crippen LogP contribution in [-0.4, -0.2) is 25.1 Å². The number of nitro benzene ring substituents is 1. The first-order chi connectivity index (χ1) is 10.5. The minimum Gasteiger partial charge on any atom is -0.496 e. The molecule has 128 valence electrons. The van der Waals surface area contributed by atoms with Gasteiger partial charge in [0, 0.05) is 17.2 Å². The summed E-state index contributed by atoms with van der Waals surface area (Å²) in [4.78, 5) is 21.4. The molecule has 0 radical (unpaired) electrons. The van der Waals surface area contributed by atoms with E-state index in [1.54, 1.807) is 25.3 Å². The number of aryl methyl sites for hydroxylation is 1. The molecule has 1 aromatic rings. The maximum absolute atomic E-state index is 11.4. The molecule has 0 aliphatic heterocycles. The Bertz CT molecular complexity index is 591. The Hall–Kier alpha value is -1.66. The normalized spacial score (nSPS) is 12.1. The van der Waals surface area contributed by atoms with E-state index in [9.17, 15) is 14.9 Å². The van der Waals surface area contributed by atoms with Crippen LogP contribution in [0.25, 0.3) is 0 Å². The van der Waals surface area contributed by atoms with Gasteiger partial charge in [-0.15, -0.1) is 6.58 Å². The topological polar surface area (TPSA) is 72.6 Å². The fourth-order valence-electron chi connectivity index (χ4n) is 2.28. The molecule has 0 heterocycles. The summed E-state index contributed by atoms with van der Waals surface area (Å²) >= 11 is 0. The van der Waals surface area contributed by atoms with E-state index in [0.29, 0.717) is 30.6 Å². The van der Waals surface area contributed by atoms with Crippen LogP contribution in [0.1, 0.15) is 31.4 Å². The average molecular weight is 337 g/mol. The second-order valence-electron chi connectivity index (χ2n) is 6.99. The molecule has 0 bridgehead atoms. The van der Waals surface area contributed by atoms with E-state index in [2.05, 4.69) is 6.58 Å². The maximum atomic E-state index is 11.4. The predicted molar refractivity (Wildman–Crippen MR) is 95.6 cm³/mol. The van der Waals surface area contributed by atoms with Gasteiger partial charge in [-0.3, -0.25) is 10.1 Å². The number of methoxy groups -OCH3 is 1. The minimum absolute atomic E-state index is 0.107. The molecule has 0 aliphatic rings. The molecule has 0 amide bonds. The molecule has 5 nitrogen and oxygen atoms in total. The average Bonchev–Trinajstić information content (AvgIpc) is 2.44. The van der Waals surface area contributed by atoms with Crippen molar-refractivity contribution in [2.75, 3.05) is 7.11 Å². The molecule has 6 heteroatoms. The number of hydrogen-bond donors (Lipinski definition) is 1. The summed E-state index contributed by atoms with van der Waals surface area (Å²) in [5.41, 5.74) is 1.51. The van der Waals surface area contributed by atoms with Crippen LogP contribution in [0.3, 0.4) is 0 Å². The van der Waals surface area contributed by atoms with Crippen molar-refractivity contribution in [1.82, 2.24) is 0 Å². The van der Waals surface area contributed by atoms with Gasteiger partial charge in [0.25, 0.3) is 5.69 Å². The van der Waals surface area contributed by atoms with Crippen LogP contribution in [0.4, 0.5) is 5.69 Å². The van der Waals surface area contributed by atoms with Crippen LogP contribution < -0.4 is 4.74 Å². The zero-order valence-corrected chi connectivity index (χ0v) is 15.7. The second kappa shape index (κ2) is 7.27. The maximum Gasteiger partial charge on any atom is 0.273 e. The molecule has 0 unspecified atom stereocenters. The lowest BCUT2D eigenvalue weighted by atomic mass is 9.97. The smallest absolute Gasteiger partial charge is 0.273 e. The van der Waals surface area contributed by atoms with Crippen molar-refractivity contribution in [1.29, 1.82) is 0 Å². The van der Waals surface area contributed by atoms with Gasteiger partial charge in [-0.05, 0) is 43.5 Å². The van der Waals surface area contributed by atoms with Crippen molar-refractivity contribution in [3.63, 3.8) is 0 Å². The third kappa shape index (κ3) is 4.65. The van der Waals surface area contributed by atoms with E-state index in [4.69, 9.17) is 4.74 Å². The summed E-state index contributed by atoms with van der Waals surface area (Å²) in [6.07, 6.45) is 3.44. The Morgan fingerprint density at radius 3 is 2.43 bits per heavy atom. The summed E-state index contributed by atoms with van der Waals surface area (Å²) in [7, 11) is -0.782. The molecule has 0 fully saturated rings. The van der Waals surface area contributed by atoms with E-state index in [-0.39, 0.29) is 15.6 Å². The predicted octanol–water partition coefficient (Wildman–Crippen LogP) is 4.24. The molecule has 1 aromatic carbocycles. The third-order valence-corrected chi connectivity index (χ3v) is 8.28. The van der Waals surface area contributed by atoms with Gasteiger partial charge < -0.3 is 9.53 Å². The molecule has 0 spiro atoms. The summed E-state index contributed by atoms with van der Waals surface area (Å²) in [5.74, 6) is 0.642. The Labute approximate surface area is 139 Å². The highest BCUT2D eigenvalue weighted by Gasteiger charge is 2.38. The Morgan fingerprint density at radius 2 is 2.00 bits per heavy atom. The second-order valence-corrected chi connectivity index (χ2v) is 11.5. The molecule has 0 saturated heterocycles. The first-order valence-electron chi connectivity index (χ1n) is 7.71. The number of hydrogen-bond acceptors (Lipinski definition) is 4. The van der Waals surface area contributed by atoms with Crippen molar-refractivity contribution in [3.05, 3.63) is 46.0 Å². The first kappa shape index (κ1) is 19.4. The largest absolute Gasteiger partial charge is 0.496 e. The number of allylic oxidation sites excluding steroid dienone is 1. The Morgan fingerprint density at radius 1 is 1.39 bits per heavy atom. The molecule has 0 atom stereocenters. The lowest BCUT2D eigenvalue weighted by Gasteiger charge is -2.35. The zero-order valence-electron chi connectivity index (χ0n) is 14.7. The number of ether oxygens (including phenoxy) is 1. The van der Waals surface area contributed by atoms with Gasteiger partial charge in [0.1, 0.15) is 5.75 Å². The van der Waals surface area contributed by atoms with E-state index in [0.717, 1.165) is 5.56 Å².